The van der Waals surface area contributed by atoms with Gasteiger partial charge in [-0.2, -0.15) is 0 Å². The molecular formula is C16H22N2O2S. The first-order chi connectivity index (χ1) is 10.2. The molecule has 21 heavy (non-hydrogen) atoms. The third kappa shape index (κ3) is 3.40. The molecule has 2 fully saturated rings. The fourth-order valence-electron chi connectivity index (χ4n) is 3.03. The van der Waals surface area contributed by atoms with Crippen LogP contribution >= 0.6 is 11.8 Å². The molecule has 0 unspecified atom stereocenters. The maximum atomic E-state index is 11.8. The van der Waals surface area contributed by atoms with Crippen molar-refractivity contribution in [3.8, 4) is 0 Å². The maximum Gasteiger partial charge on any atom is 0.222 e. The number of rotatable bonds is 5. The van der Waals surface area contributed by atoms with Gasteiger partial charge in [0.2, 0.25) is 5.91 Å². The molecule has 3 rings (SSSR count). The second-order valence-corrected chi connectivity index (χ2v) is 7.48. The summed E-state index contributed by atoms with van der Waals surface area (Å²) in [5.74, 6) is 1.35. The second kappa shape index (κ2) is 6.36. The number of aromatic nitrogens is 1. The summed E-state index contributed by atoms with van der Waals surface area (Å²) in [5.41, 5.74) is 1.12. The molecule has 4 nitrogen and oxygen atoms in total. The highest BCUT2D eigenvalue weighted by Crippen LogP contribution is 2.46. The van der Waals surface area contributed by atoms with Crippen LogP contribution in [0.25, 0.3) is 0 Å². The first-order valence-corrected chi connectivity index (χ1v) is 8.61. The van der Waals surface area contributed by atoms with Crippen molar-refractivity contribution in [2.75, 3.05) is 18.8 Å². The van der Waals surface area contributed by atoms with Crippen LogP contribution in [0.2, 0.25) is 0 Å². The standard InChI is InChI=1S/C16H22N2O2S/c1-2-4-15(19)18-11-16(12-18)7-14(10-21-16)20-9-13-5-3-6-17-8-13/h3,5-6,8,14H,2,4,7,9-12H2,1H3/t14-/m0/s1. The number of thioether (sulfide) groups is 1. The molecule has 2 saturated heterocycles. The van der Waals surface area contributed by atoms with Crippen LogP contribution in [-0.2, 0) is 16.1 Å². The van der Waals surface area contributed by atoms with Crippen molar-refractivity contribution in [2.24, 2.45) is 0 Å². The van der Waals surface area contributed by atoms with Gasteiger partial charge in [0.05, 0.1) is 17.5 Å². The van der Waals surface area contributed by atoms with Gasteiger partial charge >= 0.3 is 0 Å². The third-order valence-electron chi connectivity index (χ3n) is 4.16. The van der Waals surface area contributed by atoms with Gasteiger partial charge in [0.15, 0.2) is 0 Å². The molecule has 1 amide bonds. The Labute approximate surface area is 130 Å². The van der Waals surface area contributed by atoms with Crippen LogP contribution in [0.1, 0.15) is 31.7 Å². The van der Waals surface area contributed by atoms with Crippen LogP contribution in [0.15, 0.2) is 24.5 Å². The van der Waals surface area contributed by atoms with E-state index in [9.17, 15) is 4.79 Å². The van der Waals surface area contributed by atoms with Crippen LogP contribution < -0.4 is 0 Å². The number of hydrogen-bond acceptors (Lipinski definition) is 4. The molecule has 0 aromatic carbocycles. The average Bonchev–Trinajstić information content (AvgIpc) is 2.89. The summed E-state index contributed by atoms with van der Waals surface area (Å²) >= 11 is 1.98. The molecule has 1 spiro atoms. The molecular weight excluding hydrogens is 284 g/mol. The van der Waals surface area contributed by atoms with Crippen molar-refractivity contribution < 1.29 is 9.53 Å². The van der Waals surface area contributed by atoms with Crippen molar-refractivity contribution in [3.63, 3.8) is 0 Å². The van der Waals surface area contributed by atoms with Crippen molar-refractivity contribution in [1.29, 1.82) is 0 Å². The molecule has 0 radical (unpaired) electrons. The van der Waals surface area contributed by atoms with Gasteiger partial charge in [0, 0.05) is 37.7 Å². The third-order valence-corrected chi connectivity index (χ3v) is 5.73. The van der Waals surface area contributed by atoms with E-state index >= 15 is 0 Å². The summed E-state index contributed by atoms with van der Waals surface area (Å²) in [7, 11) is 0. The highest BCUT2D eigenvalue weighted by molar-refractivity contribution is 8.01. The van der Waals surface area contributed by atoms with Gasteiger partial charge in [-0.3, -0.25) is 9.78 Å². The summed E-state index contributed by atoms with van der Waals surface area (Å²) in [6.07, 6.45) is 6.62. The molecule has 2 aliphatic heterocycles. The lowest BCUT2D eigenvalue weighted by molar-refractivity contribution is -0.136. The second-order valence-electron chi connectivity index (χ2n) is 5.99. The van der Waals surface area contributed by atoms with Crippen molar-refractivity contribution in [2.45, 2.75) is 43.6 Å². The number of pyridine rings is 1. The van der Waals surface area contributed by atoms with Gasteiger partial charge in [-0.1, -0.05) is 13.0 Å². The van der Waals surface area contributed by atoms with Crippen molar-refractivity contribution in [1.82, 2.24) is 9.88 Å². The van der Waals surface area contributed by atoms with E-state index in [2.05, 4.69) is 11.9 Å². The quantitative estimate of drug-likeness (QED) is 0.838. The Morgan fingerprint density at radius 3 is 3.14 bits per heavy atom. The Kier molecular flexibility index (Phi) is 4.50. The number of ether oxygens (including phenoxy) is 1. The maximum absolute atomic E-state index is 11.8. The zero-order chi connectivity index (χ0) is 14.7. The van der Waals surface area contributed by atoms with Crippen molar-refractivity contribution in [3.05, 3.63) is 30.1 Å². The van der Waals surface area contributed by atoms with Crippen LogP contribution in [0.3, 0.4) is 0 Å². The predicted octanol–water partition coefficient (Wildman–Crippen LogP) is 2.48. The Balaban J connectivity index is 1.43. The number of likely N-dealkylation sites (tertiary alicyclic amines) is 1. The summed E-state index contributed by atoms with van der Waals surface area (Å²) in [4.78, 5) is 17.9. The van der Waals surface area contributed by atoms with Crippen LogP contribution in [-0.4, -0.2) is 45.5 Å². The first-order valence-electron chi connectivity index (χ1n) is 7.63. The minimum atomic E-state index is 0.267. The van der Waals surface area contributed by atoms with E-state index < -0.39 is 0 Å². The summed E-state index contributed by atoms with van der Waals surface area (Å²) in [6.45, 7) is 4.50. The molecule has 0 aliphatic carbocycles. The van der Waals surface area contributed by atoms with E-state index in [1.54, 1.807) is 6.20 Å². The molecule has 2 aliphatic rings. The van der Waals surface area contributed by atoms with E-state index in [4.69, 9.17) is 4.74 Å². The van der Waals surface area contributed by atoms with Crippen LogP contribution in [0, 0.1) is 0 Å². The van der Waals surface area contributed by atoms with Crippen LogP contribution in [0.4, 0.5) is 0 Å². The van der Waals surface area contributed by atoms with E-state index in [0.29, 0.717) is 25.0 Å². The van der Waals surface area contributed by atoms with Gasteiger partial charge in [0.25, 0.3) is 0 Å². The molecule has 0 saturated carbocycles. The lowest BCUT2D eigenvalue weighted by atomic mass is 9.92. The number of amides is 1. The molecule has 1 atom stereocenters. The highest BCUT2D eigenvalue weighted by atomic mass is 32.2. The fraction of sp³-hybridized carbons (Fsp3) is 0.625. The zero-order valence-corrected chi connectivity index (χ0v) is 13.3. The lowest BCUT2D eigenvalue weighted by Crippen LogP contribution is -2.60. The summed E-state index contributed by atoms with van der Waals surface area (Å²) in [5, 5.41) is 0. The minimum absolute atomic E-state index is 0.267. The Hall–Kier alpha value is -1.07. The van der Waals surface area contributed by atoms with Crippen LogP contribution in [0.5, 0.6) is 0 Å². The monoisotopic (exact) mass is 306 g/mol. The van der Waals surface area contributed by atoms with Crippen molar-refractivity contribution >= 4 is 17.7 Å². The van der Waals surface area contributed by atoms with E-state index in [1.165, 1.54) is 0 Å². The molecule has 0 N–H and O–H groups in total. The number of carbonyl (C=O) groups excluding carboxylic acids is 1. The lowest BCUT2D eigenvalue weighted by Gasteiger charge is -2.47. The number of carbonyl (C=O) groups is 1. The molecule has 0 bridgehead atoms. The number of hydrogen-bond donors (Lipinski definition) is 0. The molecule has 1 aromatic rings. The highest BCUT2D eigenvalue weighted by Gasteiger charge is 2.50. The van der Waals surface area contributed by atoms with E-state index in [-0.39, 0.29) is 4.75 Å². The van der Waals surface area contributed by atoms with E-state index in [1.807, 2.05) is 35.0 Å². The van der Waals surface area contributed by atoms with Gasteiger partial charge in [-0.05, 0) is 24.5 Å². The Morgan fingerprint density at radius 2 is 2.43 bits per heavy atom. The van der Waals surface area contributed by atoms with Gasteiger partial charge < -0.3 is 9.64 Å². The number of nitrogens with zero attached hydrogens (tertiary/aromatic N) is 2. The first kappa shape index (κ1) is 14.9. The Morgan fingerprint density at radius 1 is 1.57 bits per heavy atom. The SMILES string of the molecule is CCCC(=O)N1CC2(C[C@H](OCc3cccnc3)CS2)C1. The van der Waals surface area contributed by atoms with Gasteiger partial charge in [0.1, 0.15) is 0 Å². The Bertz CT molecular complexity index is 488. The minimum Gasteiger partial charge on any atom is -0.373 e. The largest absolute Gasteiger partial charge is 0.373 e. The topological polar surface area (TPSA) is 42.4 Å². The fourth-order valence-corrected chi connectivity index (χ4v) is 4.58. The smallest absolute Gasteiger partial charge is 0.222 e. The van der Waals surface area contributed by atoms with Gasteiger partial charge in [-0.15, -0.1) is 11.8 Å². The predicted molar refractivity (Wildman–Crippen MR) is 84.1 cm³/mol. The summed E-state index contributed by atoms with van der Waals surface area (Å²) in [6, 6.07) is 3.98. The normalized spacial score (nSPS) is 23.3. The zero-order valence-electron chi connectivity index (χ0n) is 12.5. The molecule has 5 heteroatoms. The molecule has 1 aromatic heterocycles. The molecule has 3 heterocycles. The molecule has 114 valence electrons. The average molecular weight is 306 g/mol. The van der Waals surface area contributed by atoms with Gasteiger partial charge in [-0.25, -0.2) is 0 Å². The van der Waals surface area contributed by atoms with E-state index in [0.717, 1.165) is 37.2 Å². The summed E-state index contributed by atoms with van der Waals surface area (Å²) < 4.78 is 6.27.